The van der Waals surface area contributed by atoms with Gasteiger partial charge in [-0.1, -0.05) is 72.8 Å². The third-order valence-corrected chi connectivity index (χ3v) is 9.89. The van der Waals surface area contributed by atoms with Crippen molar-refractivity contribution >= 4 is 17.6 Å². The van der Waals surface area contributed by atoms with Gasteiger partial charge < -0.3 is 20.0 Å². The topological polar surface area (TPSA) is 121 Å². The van der Waals surface area contributed by atoms with Gasteiger partial charge in [0.1, 0.15) is 0 Å². The minimum atomic E-state index is -1.21. The number of aryl methyl sites for hydroxylation is 1. The zero-order valence-electron chi connectivity index (χ0n) is 28.4. The monoisotopic (exact) mass is 667 g/mol. The second-order valence-electron chi connectivity index (χ2n) is 12.8. The SMILES string of the molecule is CC1=C(C(=O)O)C(c2cc(C#N)ccn2)C(C(=O)O)=C(C)N1CCCc1ccc(N2CCN(C(c3ccccc3)c3ccccc3)CC2)cc1. The number of allylic oxidation sites excluding steroid dienone is 2. The molecule has 0 bridgehead atoms. The highest BCUT2D eigenvalue weighted by molar-refractivity contribution is 5.98. The Labute approximate surface area is 293 Å². The quantitative estimate of drug-likeness (QED) is 0.182. The predicted octanol–water partition coefficient (Wildman–Crippen LogP) is 6.61. The summed E-state index contributed by atoms with van der Waals surface area (Å²) in [6, 6.07) is 35.3. The van der Waals surface area contributed by atoms with Crippen molar-refractivity contribution in [3.63, 3.8) is 0 Å². The highest BCUT2D eigenvalue weighted by atomic mass is 16.4. The molecule has 6 rings (SSSR count). The molecule has 9 heteroatoms. The number of piperazine rings is 1. The van der Waals surface area contributed by atoms with Crippen molar-refractivity contribution in [3.8, 4) is 6.07 Å². The van der Waals surface area contributed by atoms with Crippen LogP contribution in [-0.2, 0) is 16.0 Å². The van der Waals surface area contributed by atoms with Gasteiger partial charge in [0.25, 0.3) is 0 Å². The Hall–Kier alpha value is -5.72. The van der Waals surface area contributed by atoms with Crippen molar-refractivity contribution in [1.29, 1.82) is 5.26 Å². The van der Waals surface area contributed by atoms with Crippen LogP contribution in [0.15, 0.2) is 126 Å². The molecule has 9 nitrogen and oxygen atoms in total. The van der Waals surface area contributed by atoms with E-state index in [9.17, 15) is 25.1 Å². The summed E-state index contributed by atoms with van der Waals surface area (Å²) in [4.78, 5) is 36.2. The minimum absolute atomic E-state index is 0.0427. The molecule has 4 aromatic rings. The summed E-state index contributed by atoms with van der Waals surface area (Å²) in [5, 5.41) is 29.9. The van der Waals surface area contributed by atoms with E-state index in [4.69, 9.17) is 0 Å². The first-order valence-electron chi connectivity index (χ1n) is 17.0. The fourth-order valence-electron chi connectivity index (χ4n) is 7.41. The molecule has 1 fully saturated rings. The summed E-state index contributed by atoms with van der Waals surface area (Å²) in [5.74, 6) is -3.51. The molecular formula is C41H41N5O4. The van der Waals surface area contributed by atoms with E-state index >= 15 is 0 Å². The summed E-state index contributed by atoms with van der Waals surface area (Å²) in [7, 11) is 0. The smallest absolute Gasteiger partial charge is 0.334 e. The van der Waals surface area contributed by atoms with Gasteiger partial charge in [0.2, 0.25) is 0 Å². The average molecular weight is 668 g/mol. The van der Waals surface area contributed by atoms with Crippen LogP contribution in [0.4, 0.5) is 5.69 Å². The first-order chi connectivity index (χ1) is 24.3. The number of anilines is 1. The van der Waals surface area contributed by atoms with Gasteiger partial charge in [0, 0.05) is 56.0 Å². The zero-order valence-corrected chi connectivity index (χ0v) is 28.4. The minimum Gasteiger partial charge on any atom is -0.478 e. The Morgan fingerprint density at radius 1 is 0.820 bits per heavy atom. The second kappa shape index (κ2) is 15.2. The highest BCUT2D eigenvalue weighted by Gasteiger charge is 2.40. The molecule has 0 atom stereocenters. The number of carbonyl (C=O) groups is 2. The van der Waals surface area contributed by atoms with Crippen LogP contribution in [0.25, 0.3) is 0 Å². The van der Waals surface area contributed by atoms with Crippen molar-refractivity contribution in [2.45, 2.75) is 38.6 Å². The third kappa shape index (κ3) is 7.16. The molecule has 50 heavy (non-hydrogen) atoms. The molecular weight excluding hydrogens is 626 g/mol. The molecule has 0 radical (unpaired) electrons. The third-order valence-electron chi connectivity index (χ3n) is 9.89. The Bertz CT molecular complexity index is 1860. The molecule has 3 aromatic carbocycles. The van der Waals surface area contributed by atoms with Crippen molar-refractivity contribution in [2.24, 2.45) is 0 Å². The van der Waals surface area contributed by atoms with Crippen LogP contribution in [0.5, 0.6) is 0 Å². The molecule has 254 valence electrons. The predicted molar refractivity (Wildman–Crippen MR) is 192 cm³/mol. The normalized spacial score (nSPS) is 15.8. The van der Waals surface area contributed by atoms with Crippen LogP contribution in [-0.4, -0.2) is 69.7 Å². The van der Waals surface area contributed by atoms with E-state index in [1.807, 2.05) is 6.07 Å². The number of hydrogen-bond donors (Lipinski definition) is 2. The molecule has 2 aliphatic heterocycles. The number of pyridine rings is 1. The Morgan fingerprint density at radius 2 is 1.38 bits per heavy atom. The zero-order chi connectivity index (χ0) is 35.2. The maximum atomic E-state index is 12.6. The van der Waals surface area contributed by atoms with E-state index in [0.717, 1.165) is 38.2 Å². The molecule has 1 aromatic heterocycles. The molecule has 0 unspecified atom stereocenters. The highest BCUT2D eigenvalue weighted by Crippen LogP contribution is 2.41. The summed E-state index contributed by atoms with van der Waals surface area (Å²) in [5.41, 5.74) is 6.34. The van der Waals surface area contributed by atoms with Crippen molar-refractivity contribution in [3.05, 3.63) is 154 Å². The molecule has 2 N–H and O–H groups in total. The van der Waals surface area contributed by atoms with Crippen molar-refractivity contribution in [1.82, 2.24) is 14.8 Å². The van der Waals surface area contributed by atoms with Gasteiger partial charge in [-0.15, -0.1) is 0 Å². The Kier molecular flexibility index (Phi) is 10.4. The van der Waals surface area contributed by atoms with Gasteiger partial charge in [-0.3, -0.25) is 9.88 Å². The first kappa shape index (κ1) is 34.2. The lowest BCUT2D eigenvalue weighted by Crippen LogP contribution is -2.48. The number of aliphatic carboxylic acids is 2. The number of carboxylic acids is 2. The summed E-state index contributed by atoms with van der Waals surface area (Å²) >= 11 is 0. The molecule has 2 aliphatic rings. The van der Waals surface area contributed by atoms with Crippen LogP contribution in [0.1, 0.15) is 60.2 Å². The molecule has 0 saturated carbocycles. The maximum Gasteiger partial charge on any atom is 0.334 e. The van der Waals surface area contributed by atoms with Gasteiger partial charge in [-0.25, -0.2) is 9.59 Å². The van der Waals surface area contributed by atoms with Crippen LogP contribution in [0, 0.1) is 11.3 Å². The van der Waals surface area contributed by atoms with E-state index in [-0.39, 0.29) is 28.4 Å². The molecule has 0 aliphatic carbocycles. The number of aromatic nitrogens is 1. The molecule has 0 spiro atoms. The second-order valence-corrected chi connectivity index (χ2v) is 12.8. The van der Waals surface area contributed by atoms with Gasteiger partial charge in [-0.2, -0.15) is 5.26 Å². The van der Waals surface area contributed by atoms with E-state index < -0.39 is 17.9 Å². The van der Waals surface area contributed by atoms with Crippen molar-refractivity contribution in [2.75, 3.05) is 37.6 Å². The van der Waals surface area contributed by atoms with Crippen LogP contribution < -0.4 is 4.90 Å². The number of rotatable bonds is 11. The largest absolute Gasteiger partial charge is 0.478 e. The Morgan fingerprint density at radius 3 is 1.90 bits per heavy atom. The lowest BCUT2D eigenvalue weighted by atomic mass is 9.81. The number of nitrogens with zero attached hydrogens (tertiary/aromatic N) is 5. The van der Waals surface area contributed by atoms with Gasteiger partial charge in [0.05, 0.1) is 40.4 Å². The van der Waals surface area contributed by atoms with E-state index in [1.165, 1.54) is 35.1 Å². The van der Waals surface area contributed by atoms with Crippen molar-refractivity contribution < 1.29 is 19.8 Å². The number of carboxylic acid groups (broad SMARTS) is 2. The average Bonchev–Trinajstić information content (AvgIpc) is 3.14. The molecule has 3 heterocycles. The van der Waals surface area contributed by atoms with E-state index in [0.29, 0.717) is 24.4 Å². The van der Waals surface area contributed by atoms with Gasteiger partial charge >= 0.3 is 11.9 Å². The van der Waals surface area contributed by atoms with Crippen LogP contribution in [0.3, 0.4) is 0 Å². The van der Waals surface area contributed by atoms with Crippen LogP contribution in [0.2, 0.25) is 0 Å². The Balaban J connectivity index is 1.11. The lowest BCUT2D eigenvalue weighted by Gasteiger charge is -2.40. The van der Waals surface area contributed by atoms with E-state index in [2.05, 4.69) is 99.7 Å². The molecule has 0 amide bonds. The number of nitriles is 1. The fourth-order valence-corrected chi connectivity index (χ4v) is 7.41. The molecule has 1 saturated heterocycles. The van der Waals surface area contributed by atoms with Gasteiger partial charge in [-0.05, 0) is 67.6 Å². The first-order valence-corrected chi connectivity index (χ1v) is 17.0. The lowest BCUT2D eigenvalue weighted by molar-refractivity contribution is -0.133. The summed E-state index contributed by atoms with van der Waals surface area (Å²) in [6.45, 7) is 7.63. The number of benzene rings is 3. The fraction of sp³-hybridized carbons (Fsp3) is 0.268. The van der Waals surface area contributed by atoms with Crippen LogP contribution >= 0.6 is 0 Å². The maximum absolute atomic E-state index is 12.6. The number of hydrogen-bond acceptors (Lipinski definition) is 7. The van der Waals surface area contributed by atoms with Gasteiger partial charge in [0.15, 0.2) is 0 Å². The standard InChI is InChI=1S/C41H41N5O4/c1-28-36(40(47)48)38(35-26-31(27-42)19-20-43-35)37(41(49)50)29(2)46(28)21-9-10-30-15-17-34(18-16-30)44-22-24-45(25-23-44)39(32-11-5-3-6-12-32)33-13-7-4-8-14-33/h3-8,11-20,26,38-39H,9-10,21-25H2,1-2H3,(H,47,48)(H,49,50). The van der Waals surface area contributed by atoms with E-state index in [1.54, 1.807) is 18.7 Å². The summed E-state index contributed by atoms with van der Waals surface area (Å²) < 4.78 is 0. The summed E-state index contributed by atoms with van der Waals surface area (Å²) in [6.07, 6.45) is 2.85.